The van der Waals surface area contributed by atoms with Gasteiger partial charge >= 0.3 is 0 Å². The molecule has 0 aromatic rings. The zero-order valence-electron chi connectivity index (χ0n) is 12.1. The molecule has 116 valence electrons. The molecule has 1 atom stereocenters. The van der Waals surface area contributed by atoms with Crippen LogP contribution < -0.4 is 10.6 Å². The SMILES string of the molecule is CCS(=O)(=O)N1CCC(NC(=O)CC2CCNC2)CC1. The van der Waals surface area contributed by atoms with Crippen molar-refractivity contribution in [2.45, 2.75) is 38.6 Å². The third-order valence-electron chi connectivity index (χ3n) is 4.21. The second kappa shape index (κ2) is 6.87. The molecule has 2 saturated heterocycles. The Morgan fingerprint density at radius 2 is 2.00 bits per heavy atom. The molecular formula is C13H25N3O3S. The summed E-state index contributed by atoms with van der Waals surface area (Å²) in [5.74, 6) is 0.713. The standard InChI is InChI=1S/C13H25N3O3S/c1-2-20(18,19)16-7-4-12(5-8-16)15-13(17)9-11-3-6-14-10-11/h11-12,14H,2-10H2,1H3,(H,15,17). The van der Waals surface area contributed by atoms with E-state index < -0.39 is 10.0 Å². The van der Waals surface area contributed by atoms with Crippen LogP contribution in [-0.2, 0) is 14.8 Å². The lowest BCUT2D eigenvalue weighted by Gasteiger charge is -2.31. The van der Waals surface area contributed by atoms with Crippen molar-refractivity contribution in [3.8, 4) is 0 Å². The number of piperidine rings is 1. The number of rotatable bonds is 5. The van der Waals surface area contributed by atoms with Crippen LogP contribution in [0.2, 0.25) is 0 Å². The second-order valence-electron chi connectivity index (χ2n) is 5.70. The molecule has 1 unspecified atom stereocenters. The minimum absolute atomic E-state index is 0.107. The van der Waals surface area contributed by atoms with Gasteiger partial charge in [0.2, 0.25) is 15.9 Å². The van der Waals surface area contributed by atoms with Crippen LogP contribution in [0.15, 0.2) is 0 Å². The minimum atomic E-state index is -3.08. The average Bonchev–Trinajstić information content (AvgIpc) is 2.92. The summed E-state index contributed by atoms with van der Waals surface area (Å²) in [5, 5.41) is 6.30. The quantitative estimate of drug-likeness (QED) is 0.744. The van der Waals surface area contributed by atoms with Crippen LogP contribution in [0.3, 0.4) is 0 Å². The van der Waals surface area contributed by atoms with E-state index in [-0.39, 0.29) is 17.7 Å². The van der Waals surface area contributed by atoms with Crippen LogP contribution >= 0.6 is 0 Å². The smallest absolute Gasteiger partial charge is 0.220 e. The van der Waals surface area contributed by atoms with Gasteiger partial charge in [-0.05, 0) is 45.2 Å². The van der Waals surface area contributed by atoms with Crippen molar-refractivity contribution in [3.63, 3.8) is 0 Å². The van der Waals surface area contributed by atoms with Gasteiger partial charge in [-0.1, -0.05) is 0 Å². The van der Waals surface area contributed by atoms with E-state index in [4.69, 9.17) is 0 Å². The highest BCUT2D eigenvalue weighted by atomic mass is 32.2. The van der Waals surface area contributed by atoms with Crippen LogP contribution in [0.4, 0.5) is 0 Å². The number of amides is 1. The van der Waals surface area contributed by atoms with Crippen LogP contribution in [0, 0.1) is 5.92 Å². The van der Waals surface area contributed by atoms with E-state index in [0.717, 1.165) is 19.5 Å². The molecule has 0 spiro atoms. The Morgan fingerprint density at radius 3 is 2.55 bits per heavy atom. The van der Waals surface area contributed by atoms with Gasteiger partial charge < -0.3 is 10.6 Å². The van der Waals surface area contributed by atoms with Crippen molar-refractivity contribution < 1.29 is 13.2 Å². The van der Waals surface area contributed by atoms with Gasteiger partial charge in [0.25, 0.3) is 0 Å². The monoisotopic (exact) mass is 303 g/mol. The molecule has 2 fully saturated rings. The Hall–Kier alpha value is -0.660. The lowest BCUT2D eigenvalue weighted by Crippen LogP contribution is -2.47. The van der Waals surface area contributed by atoms with E-state index in [0.29, 0.717) is 38.3 Å². The third-order valence-corrected chi connectivity index (χ3v) is 6.10. The minimum Gasteiger partial charge on any atom is -0.353 e. The van der Waals surface area contributed by atoms with Crippen LogP contribution in [0.1, 0.15) is 32.6 Å². The number of carbonyl (C=O) groups is 1. The zero-order chi connectivity index (χ0) is 14.6. The van der Waals surface area contributed by atoms with E-state index >= 15 is 0 Å². The van der Waals surface area contributed by atoms with Crippen molar-refractivity contribution in [3.05, 3.63) is 0 Å². The number of sulfonamides is 1. The molecule has 20 heavy (non-hydrogen) atoms. The Labute approximate surface area is 121 Å². The molecule has 0 aliphatic carbocycles. The highest BCUT2D eigenvalue weighted by Gasteiger charge is 2.28. The Balaban J connectivity index is 1.72. The summed E-state index contributed by atoms with van der Waals surface area (Å²) < 4.78 is 25.0. The number of carbonyl (C=O) groups excluding carboxylic acids is 1. The molecule has 2 aliphatic rings. The van der Waals surface area contributed by atoms with Gasteiger partial charge in [0, 0.05) is 25.6 Å². The first-order valence-electron chi connectivity index (χ1n) is 7.49. The first-order valence-corrected chi connectivity index (χ1v) is 9.10. The van der Waals surface area contributed by atoms with E-state index in [1.807, 2.05) is 0 Å². The second-order valence-corrected chi connectivity index (χ2v) is 7.96. The van der Waals surface area contributed by atoms with Crippen molar-refractivity contribution >= 4 is 15.9 Å². The Bertz CT molecular complexity index is 424. The number of nitrogens with one attached hydrogen (secondary N) is 2. The Morgan fingerprint density at radius 1 is 1.30 bits per heavy atom. The molecular weight excluding hydrogens is 278 g/mol. The number of hydrogen-bond acceptors (Lipinski definition) is 4. The summed E-state index contributed by atoms with van der Waals surface area (Å²) in [5.41, 5.74) is 0. The summed E-state index contributed by atoms with van der Waals surface area (Å²) in [6.07, 6.45) is 3.09. The molecule has 1 amide bonds. The van der Waals surface area contributed by atoms with Gasteiger partial charge in [0.15, 0.2) is 0 Å². The fourth-order valence-corrected chi connectivity index (χ4v) is 4.03. The lowest BCUT2D eigenvalue weighted by molar-refractivity contribution is -0.122. The van der Waals surface area contributed by atoms with Crippen molar-refractivity contribution in [2.24, 2.45) is 5.92 Å². The van der Waals surface area contributed by atoms with Gasteiger partial charge in [-0.3, -0.25) is 4.79 Å². The maximum absolute atomic E-state index is 11.9. The maximum atomic E-state index is 11.9. The molecule has 6 nitrogen and oxygen atoms in total. The lowest BCUT2D eigenvalue weighted by atomic mass is 10.0. The molecule has 2 aliphatic heterocycles. The van der Waals surface area contributed by atoms with Gasteiger partial charge in [-0.2, -0.15) is 0 Å². The molecule has 2 N–H and O–H groups in total. The van der Waals surface area contributed by atoms with E-state index in [9.17, 15) is 13.2 Å². The molecule has 7 heteroatoms. The summed E-state index contributed by atoms with van der Waals surface area (Å²) in [7, 11) is -3.08. The molecule has 2 heterocycles. The summed E-state index contributed by atoms with van der Waals surface area (Å²) in [6.45, 7) is 4.64. The predicted octanol–water partition coefficient (Wildman–Crippen LogP) is -0.0837. The normalized spacial score (nSPS) is 25.8. The topological polar surface area (TPSA) is 78.5 Å². The molecule has 0 bridgehead atoms. The third kappa shape index (κ3) is 4.17. The summed E-state index contributed by atoms with van der Waals surface area (Å²) >= 11 is 0. The zero-order valence-corrected chi connectivity index (χ0v) is 12.9. The number of hydrogen-bond donors (Lipinski definition) is 2. The van der Waals surface area contributed by atoms with E-state index in [1.54, 1.807) is 6.92 Å². The number of nitrogens with zero attached hydrogens (tertiary/aromatic N) is 1. The molecule has 2 rings (SSSR count). The van der Waals surface area contributed by atoms with Gasteiger partial charge in [-0.15, -0.1) is 0 Å². The largest absolute Gasteiger partial charge is 0.353 e. The maximum Gasteiger partial charge on any atom is 0.220 e. The van der Waals surface area contributed by atoms with Crippen LogP contribution in [0.25, 0.3) is 0 Å². The van der Waals surface area contributed by atoms with Crippen LogP contribution in [-0.4, -0.2) is 56.6 Å². The highest BCUT2D eigenvalue weighted by Crippen LogP contribution is 2.16. The summed E-state index contributed by atoms with van der Waals surface area (Å²) in [6, 6.07) is 0.125. The van der Waals surface area contributed by atoms with Gasteiger partial charge in [-0.25, -0.2) is 12.7 Å². The predicted molar refractivity (Wildman–Crippen MR) is 77.8 cm³/mol. The fraction of sp³-hybridized carbons (Fsp3) is 0.923. The van der Waals surface area contributed by atoms with E-state index in [1.165, 1.54) is 4.31 Å². The first-order chi connectivity index (χ1) is 9.51. The van der Waals surface area contributed by atoms with Gasteiger partial charge in [0.1, 0.15) is 0 Å². The Kier molecular flexibility index (Phi) is 5.40. The highest BCUT2D eigenvalue weighted by molar-refractivity contribution is 7.89. The van der Waals surface area contributed by atoms with Crippen molar-refractivity contribution in [2.75, 3.05) is 31.9 Å². The molecule has 0 radical (unpaired) electrons. The molecule has 0 aromatic carbocycles. The molecule has 0 aromatic heterocycles. The fourth-order valence-electron chi connectivity index (χ4n) is 2.90. The van der Waals surface area contributed by atoms with Crippen molar-refractivity contribution in [1.82, 2.24) is 14.9 Å². The summed E-state index contributed by atoms with van der Waals surface area (Å²) in [4.78, 5) is 11.9. The molecule has 0 saturated carbocycles. The van der Waals surface area contributed by atoms with E-state index in [2.05, 4.69) is 10.6 Å². The van der Waals surface area contributed by atoms with Gasteiger partial charge in [0.05, 0.1) is 5.75 Å². The average molecular weight is 303 g/mol. The van der Waals surface area contributed by atoms with Crippen LogP contribution in [0.5, 0.6) is 0 Å². The van der Waals surface area contributed by atoms with Crippen molar-refractivity contribution in [1.29, 1.82) is 0 Å². The first kappa shape index (κ1) is 15.7.